The molecule has 0 aliphatic heterocycles. The first-order valence-electron chi connectivity index (χ1n) is 9.41. The lowest BCUT2D eigenvalue weighted by Gasteiger charge is -2.29. The molecule has 2 aromatic rings. The van der Waals surface area contributed by atoms with Gasteiger partial charge in [-0.15, -0.1) is 0 Å². The number of nitrogens with one attached hydrogen (secondary N) is 4. The van der Waals surface area contributed by atoms with E-state index in [9.17, 15) is 4.79 Å². The van der Waals surface area contributed by atoms with Crippen LogP contribution < -0.4 is 27.5 Å². The van der Waals surface area contributed by atoms with Gasteiger partial charge in [-0.25, -0.2) is 4.98 Å². The quantitative estimate of drug-likeness (QED) is 0.294. The van der Waals surface area contributed by atoms with E-state index in [0.29, 0.717) is 17.5 Å². The Kier molecular flexibility index (Phi) is 6.69. The Balaban J connectivity index is 1.76. The van der Waals surface area contributed by atoms with Crippen molar-refractivity contribution in [2.75, 3.05) is 16.1 Å². The van der Waals surface area contributed by atoms with Crippen molar-refractivity contribution < 1.29 is 4.79 Å². The van der Waals surface area contributed by atoms with E-state index in [-0.39, 0.29) is 17.6 Å². The molecule has 152 valence electrons. The van der Waals surface area contributed by atoms with E-state index in [1.54, 1.807) is 24.3 Å². The van der Waals surface area contributed by atoms with E-state index in [1.165, 1.54) is 12.4 Å². The van der Waals surface area contributed by atoms with Crippen LogP contribution in [0.15, 0.2) is 35.6 Å². The summed E-state index contributed by atoms with van der Waals surface area (Å²) in [7, 11) is 0. The zero-order valence-electron chi connectivity index (χ0n) is 15.9. The Morgan fingerprint density at radius 1 is 1.21 bits per heavy atom. The van der Waals surface area contributed by atoms with Crippen LogP contribution in [0.1, 0.15) is 36.0 Å². The van der Waals surface area contributed by atoms with Gasteiger partial charge < -0.3 is 27.5 Å². The van der Waals surface area contributed by atoms with E-state index in [0.717, 1.165) is 37.6 Å². The van der Waals surface area contributed by atoms with Gasteiger partial charge in [0.1, 0.15) is 11.4 Å². The number of primary amides is 1. The first-order valence-corrected chi connectivity index (χ1v) is 9.41. The van der Waals surface area contributed by atoms with Gasteiger partial charge in [-0.1, -0.05) is 12.8 Å². The zero-order chi connectivity index (χ0) is 20.6. The Bertz CT molecular complexity index is 882. The summed E-state index contributed by atoms with van der Waals surface area (Å²) in [5, 5.41) is 17.1. The lowest BCUT2D eigenvalue weighted by molar-refractivity contribution is 0.100. The van der Waals surface area contributed by atoms with Crippen LogP contribution >= 0.6 is 0 Å². The SMILES string of the molecule is N=C/C=N\Nc1ccc(Nc2nc(NC3CCCCC3N)ncc2C(N)=O)cc1. The molecule has 10 nitrogen and oxygen atoms in total. The maximum Gasteiger partial charge on any atom is 0.254 e. The van der Waals surface area contributed by atoms with Crippen molar-refractivity contribution in [1.82, 2.24) is 9.97 Å². The van der Waals surface area contributed by atoms with E-state index in [2.05, 4.69) is 31.1 Å². The summed E-state index contributed by atoms with van der Waals surface area (Å²) in [6.07, 6.45) is 7.99. The number of benzene rings is 1. The van der Waals surface area contributed by atoms with Gasteiger partial charge in [0.2, 0.25) is 5.95 Å². The lowest BCUT2D eigenvalue weighted by atomic mass is 9.91. The molecule has 1 saturated carbocycles. The first-order chi connectivity index (χ1) is 14.1. The van der Waals surface area contributed by atoms with Crippen molar-refractivity contribution in [3.63, 3.8) is 0 Å². The molecule has 1 aromatic heterocycles. The van der Waals surface area contributed by atoms with Crippen LogP contribution in [0, 0.1) is 5.41 Å². The number of carbonyl (C=O) groups is 1. The summed E-state index contributed by atoms with van der Waals surface area (Å²) >= 11 is 0. The number of nitrogens with zero attached hydrogens (tertiary/aromatic N) is 3. The Labute approximate surface area is 168 Å². The average Bonchev–Trinajstić information content (AvgIpc) is 2.71. The topological polar surface area (TPSA) is 167 Å². The van der Waals surface area contributed by atoms with Crippen LogP contribution in [-0.2, 0) is 0 Å². The normalized spacial score (nSPS) is 18.9. The van der Waals surface area contributed by atoms with E-state index >= 15 is 0 Å². The molecule has 1 aromatic carbocycles. The summed E-state index contributed by atoms with van der Waals surface area (Å²) in [5.41, 5.74) is 16.1. The van der Waals surface area contributed by atoms with Gasteiger partial charge in [0, 0.05) is 30.2 Å². The van der Waals surface area contributed by atoms with Crippen molar-refractivity contribution in [2.45, 2.75) is 37.8 Å². The predicted molar refractivity (Wildman–Crippen MR) is 115 cm³/mol. The molecule has 0 radical (unpaired) electrons. The minimum atomic E-state index is -0.618. The molecule has 29 heavy (non-hydrogen) atoms. The van der Waals surface area contributed by atoms with Gasteiger partial charge in [-0.2, -0.15) is 10.1 Å². The van der Waals surface area contributed by atoms with Crippen molar-refractivity contribution in [3.05, 3.63) is 36.0 Å². The van der Waals surface area contributed by atoms with Gasteiger partial charge in [-0.3, -0.25) is 10.2 Å². The second kappa shape index (κ2) is 9.60. The third-order valence-electron chi connectivity index (χ3n) is 4.68. The second-order valence-electron chi connectivity index (χ2n) is 6.78. The van der Waals surface area contributed by atoms with Gasteiger partial charge in [0.05, 0.1) is 11.9 Å². The van der Waals surface area contributed by atoms with Crippen LogP contribution in [0.2, 0.25) is 0 Å². The molecule has 2 atom stereocenters. The average molecular weight is 395 g/mol. The number of hydrazone groups is 1. The number of carbonyl (C=O) groups excluding carboxylic acids is 1. The molecule has 0 spiro atoms. The molecule has 8 N–H and O–H groups in total. The molecule has 0 bridgehead atoms. The molecule has 1 fully saturated rings. The molecule has 1 amide bonds. The predicted octanol–water partition coefficient (Wildman–Crippen LogP) is 2.05. The molecular weight excluding hydrogens is 370 g/mol. The van der Waals surface area contributed by atoms with Crippen molar-refractivity contribution in [2.24, 2.45) is 16.6 Å². The van der Waals surface area contributed by atoms with Crippen LogP contribution in [0.25, 0.3) is 0 Å². The third-order valence-corrected chi connectivity index (χ3v) is 4.68. The Morgan fingerprint density at radius 3 is 2.62 bits per heavy atom. The molecule has 2 unspecified atom stereocenters. The number of anilines is 4. The number of amides is 1. The fraction of sp³-hybridized carbons (Fsp3) is 0.316. The summed E-state index contributed by atoms with van der Waals surface area (Å²) in [5.74, 6) is 0.105. The van der Waals surface area contributed by atoms with Gasteiger partial charge in [0.25, 0.3) is 5.91 Å². The van der Waals surface area contributed by atoms with Crippen LogP contribution in [-0.4, -0.2) is 40.4 Å². The van der Waals surface area contributed by atoms with E-state index < -0.39 is 5.91 Å². The fourth-order valence-corrected chi connectivity index (χ4v) is 3.15. The van der Waals surface area contributed by atoms with E-state index in [1.807, 2.05) is 0 Å². The maximum absolute atomic E-state index is 11.8. The Hall–Kier alpha value is -3.53. The zero-order valence-corrected chi connectivity index (χ0v) is 15.9. The lowest BCUT2D eigenvalue weighted by Crippen LogP contribution is -2.43. The number of aromatic nitrogens is 2. The summed E-state index contributed by atoms with van der Waals surface area (Å²) in [6, 6.07) is 7.36. The monoisotopic (exact) mass is 395 g/mol. The minimum absolute atomic E-state index is 0.0509. The summed E-state index contributed by atoms with van der Waals surface area (Å²) < 4.78 is 0. The number of hydrogen-bond donors (Lipinski definition) is 6. The van der Waals surface area contributed by atoms with Crippen molar-refractivity contribution in [1.29, 1.82) is 5.41 Å². The van der Waals surface area contributed by atoms with Crippen molar-refractivity contribution in [3.8, 4) is 0 Å². The highest BCUT2D eigenvalue weighted by Gasteiger charge is 2.23. The van der Waals surface area contributed by atoms with Gasteiger partial charge in [0.15, 0.2) is 0 Å². The first kappa shape index (κ1) is 20.2. The highest BCUT2D eigenvalue weighted by atomic mass is 16.1. The molecule has 1 aliphatic rings. The standard InChI is InChI=1S/C19H25N9O/c20-9-10-24-28-13-7-5-12(6-8-13)25-18-14(17(22)29)11-23-19(27-18)26-16-4-2-1-3-15(16)21/h5-11,15-16,20,28H,1-4,21H2,(H2,22,29)(H2,23,25,26,27)/b20-9?,24-10-. The number of nitrogens with two attached hydrogens (primary N) is 2. The Morgan fingerprint density at radius 2 is 1.93 bits per heavy atom. The second-order valence-corrected chi connectivity index (χ2v) is 6.78. The maximum atomic E-state index is 11.8. The van der Waals surface area contributed by atoms with Gasteiger partial charge in [-0.05, 0) is 37.1 Å². The molecule has 10 heteroatoms. The fourth-order valence-electron chi connectivity index (χ4n) is 3.15. The highest BCUT2D eigenvalue weighted by molar-refractivity contribution is 6.14. The number of rotatable bonds is 8. The van der Waals surface area contributed by atoms with Crippen LogP contribution in [0.3, 0.4) is 0 Å². The molecule has 0 saturated heterocycles. The smallest absolute Gasteiger partial charge is 0.254 e. The minimum Gasteiger partial charge on any atom is -0.365 e. The highest BCUT2D eigenvalue weighted by Crippen LogP contribution is 2.23. The summed E-state index contributed by atoms with van der Waals surface area (Å²) in [6.45, 7) is 0. The van der Waals surface area contributed by atoms with E-state index in [4.69, 9.17) is 16.9 Å². The van der Waals surface area contributed by atoms with Crippen LogP contribution in [0.5, 0.6) is 0 Å². The molecule has 1 aliphatic carbocycles. The largest absolute Gasteiger partial charge is 0.365 e. The summed E-state index contributed by atoms with van der Waals surface area (Å²) in [4.78, 5) is 20.5. The molecule has 1 heterocycles. The van der Waals surface area contributed by atoms with Gasteiger partial charge >= 0.3 is 0 Å². The molecule has 3 rings (SSSR count). The number of hydrogen-bond acceptors (Lipinski definition) is 9. The van der Waals surface area contributed by atoms with Crippen LogP contribution in [0.4, 0.5) is 23.1 Å². The molecular formula is C19H25N9O. The van der Waals surface area contributed by atoms with Crippen molar-refractivity contribution >= 4 is 41.5 Å². The third kappa shape index (κ3) is 5.48.